The molecule has 0 amide bonds. The van der Waals surface area contributed by atoms with Gasteiger partial charge in [-0.2, -0.15) is 9.78 Å². The second kappa shape index (κ2) is 8.04. The minimum Gasteiger partial charge on any atom is -0.312 e. The Hall–Kier alpha value is -1.79. The normalized spacial score (nSPS) is 32.4. The van der Waals surface area contributed by atoms with E-state index in [2.05, 4.69) is 13.5 Å². The van der Waals surface area contributed by atoms with Crippen LogP contribution in [0, 0.1) is 11.8 Å². The fourth-order valence-corrected chi connectivity index (χ4v) is 5.27. The molecule has 1 aliphatic heterocycles. The van der Waals surface area contributed by atoms with Gasteiger partial charge in [-0.05, 0) is 38.5 Å². The molecule has 0 N–H and O–H groups in total. The highest BCUT2D eigenvalue weighted by Crippen LogP contribution is 2.50. The quantitative estimate of drug-likeness (QED) is 0.440. The van der Waals surface area contributed by atoms with Gasteiger partial charge >= 0.3 is 0 Å². The van der Waals surface area contributed by atoms with Crippen LogP contribution in [0.1, 0.15) is 73.1 Å². The number of halogens is 1. The fourth-order valence-electron chi connectivity index (χ4n) is 4.93. The summed E-state index contributed by atoms with van der Waals surface area (Å²) in [6, 6.07) is 6.85. The molecule has 1 spiro atoms. The number of hydrogen-bond donors (Lipinski definition) is 0. The van der Waals surface area contributed by atoms with Crippen LogP contribution < -0.4 is 0 Å². The molecule has 0 aromatic heterocycles. The van der Waals surface area contributed by atoms with E-state index < -0.39 is 11.6 Å². The summed E-state index contributed by atoms with van der Waals surface area (Å²) >= 11 is 6.39. The van der Waals surface area contributed by atoms with Gasteiger partial charge in [0.2, 0.25) is 17.4 Å². The smallest absolute Gasteiger partial charge is 0.205 e. The second-order valence-electron chi connectivity index (χ2n) is 8.53. The van der Waals surface area contributed by atoms with Crippen LogP contribution in [0.2, 0.25) is 0 Å². The number of benzene rings is 1. The second-order valence-corrected chi connectivity index (χ2v) is 8.91. The Morgan fingerprint density at radius 3 is 2.40 bits per heavy atom. The maximum atomic E-state index is 13.1. The van der Waals surface area contributed by atoms with Crippen LogP contribution >= 0.6 is 11.6 Å². The summed E-state index contributed by atoms with van der Waals surface area (Å²) in [5, 5.41) is 0.0472. The zero-order valence-corrected chi connectivity index (χ0v) is 18.2. The van der Waals surface area contributed by atoms with E-state index in [9.17, 15) is 9.59 Å². The van der Waals surface area contributed by atoms with E-state index in [1.807, 2.05) is 13.0 Å². The first-order chi connectivity index (χ1) is 14.3. The molecule has 160 valence electrons. The molecule has 2 aliphatic carbocycles. The standard InChI is InChI=1S/C24H27ClO5/c1-4-8-16(5-2)23(3)28-24(30-29-23)13-11-15(12-14-24)19-20(25)22(27)18-10-7-6-9-17(18)21(19)26/h4,6-7,9-10,15-16H,1,5,8,11-14H2,2-3H3. The molecule has 2 fully saturated rings. The number of carbonyl (C=O) groups excluding carboxylic acids is 2. The summed E-state index contributed by atoms with van der Waals surface area (Å²) in [4.78, 5) is 37.2. The van der Waals surface area contributed by atoms with E-state index in [-0.39, 0.29) is 28.4 Å². The third kappa shape index (κ3) is 3.48. The summed E-state index contributed by atoms with van der Waals surface area (Å²) in [5.74, 6) is -2.06. The van der Waals surface area contributed by atoms with Crippen LogP contribution in [-0.2, 0) is 14.5 Å². The van der Waals surface area contributed by atoms with Gasteiger partial charge in [0.05, 0.1) is 5.03 Å². The summed E-state index contributed by atoms with van der Waals surface area (Å²) < 4.78 is 6.36. The Morgan fingerprint density at radius 2 is 1.80 bits per heavy atom. The van der Waals surface area contributed by atoms with E-state index in [1.165, 1.54) is 0 Å². The average Bonchev–Trinajstić information content (AvgIpc) is 3.09. The lowest BCUT2D eigenvalue weighted by atomic mass is 9.75. The lowest BCUT2D eigenvalue weighted by molar-refractivity contribution is -0.359. The first-order valence-electron chi connectivity index (χ1n) is 10.6. The van der Waals surface area contributed by atoms with Crippen molar-refractivity contribution in [2.24, 2.45) is 11.8 Å². The number of ether oxygens (including phenoxy) is 1. The first kappa shape index (κ1) is 21.4. The van der Waals surface area contributed by atoms with Crippen LogP contribution in [0.15, 0.2) is 47.5 Å². The van der Waals surface area contributed by atoms with Crippen LogP contribution in [0.4, 0.5) is 0 Å². The number of fused-ring (bicyclic) bond motifs is 1. The number of hydrogen-bond acceptors (Lipinski definition) is 5. The van der Waals surface area contributed by atoms with Crippen molar-refractivity contribution in [2.45, 2.75) is 63.9 Å². The number of ketones is 2. The van der Waals surface area contributed by atoms with E-state index in [0.29, 0.717) is 42.4 Å². The summed E-state index contributed by atoms with van der Waals surface area (Å²) in [6.45, 7) is 7.82. The Balaban J connectivity index is 1.50. The SMILES string of the molecule is C=CCC(CC)C1(C)OOC2(CCC(C3=C(Cl)C(=O)c4ccccc4C3=O)CC2)O1. The van der Waals surface area contributed by atoms with Gasteiger partial charge in [0.15, 0.2) is 5.78 Å². The number of carbonyl (C=O) groups is 2. The molecule has 1 saturated carbocycles. The Kier molecular flexibility index (Phi) is 5.75. The van der Waals surface area contributed by atoms with Crippen molar-refractivity contribution in [3.8, 4) is 0 Å². The molecule has 6 heteroatoms. The van der Waals surface area contributed by atoms with Crippen molar-refractivity contribution in [1.82, 2.24) is 0 Å². The van der Waals surface area contributed by atoms with E-state index >= 15 is 0 Å². The molecule has 1 heterocycles. The number of rotatable bonds is 5. The van der Waals surface area contributed by atoms with Gasteiger partial charge in [-0.25, -0.2) is 0 Å². The summed E-state index contributed by atoms with van der Waals surface area (Å²) in [6.07, 6.45) is 5.90. The van der Waals surface area contributed by atoms with Crippen molar-refractivity contribution in [2.75, 3.05) is 0 Å². The fraction of sp³-hybridized carbons (Fsp3) is 0.500. The van der Waals surface area contributed by atoms with Crippen molar-refractivity contribution < 1.29 is 24.1 Å². The minimum absolute atomic E-state index is 0.0472. The summed E-state index contributed by atoms with van der Waals surface area (Å²) in [5.41, 5.74) is 1.24. The van der Waals surface area contributed by atoms with Gasteiger partial charge in [0.1, 0.15) is 0 Å². The molecule has 2 atom stereocenters. The molecule has 5 nitrogen and oxygen atoms in total. The van der Waals surface area contributed by atoms with E-state index in [1.54, 1.807) is 24.3 Å². The lowest BCUT2D eigenvalue weighted by Crippen LogP contribution is -2.42. The van der Waals surface area contributed by atoms with Crippen LogP contribution in [0.25, 0.3) is 0 Å². The molecule has 3 aliphatic rings. The van der Waals surface area contributed by atoms with Crippen molar-refractivity contribution in [1.29, 1.82) is 0 Å². The molecular weight excluding hydrogens is 404 g/mol. The lowest BCUT2D eigenvalue weighted by Gasteiger charge is -2.37. The molecule has 1 aromatic carbocycles. The zero-order valence-electron chi connectivity index (χ0n) is 17.4. The molecule has 1 saturated heterocycles. The molecule has 4 rings (SSSR count). The van der Waals surface area contributed by atoms with E-state index in [0.717, 1.165) is 12.8 Å². The minimum atomic E-state index is -0.831. The topological polar surface area (TPSA) is 61.8 Å². The number of Topliss-reactive ketones (excluding diaryl/α,β-unsaturated/α-hetero) is 2. The Labute approximate surface area is 181 Å². The largest absolute Gasteiger partial charge is 0.312 e. The molecule has 0 bridgehead atoms. The van der Waals surface area contributed by atoms with Crippen molar-refractivity contribution in [3.05, 3.63) is 58.7 Å². The predicted molar refractivity (Wildman–Crippen MR) is 113 cm³/mol. The summed E-state index contributed by atoms with van der Waals surface area (Å²) in [7, 11) is 0. The van der Waals surface area contributed by atoms with Gasteiger partial charge in [0.25, 0.3) is 0 Å². The molecular formula is C24H27ClO5. The van der Waals surface area contributed by atoms with Gasteiger partial charge in [-0.1, -0.05) is 48.9 Å². The van der Waals surface area contributed by atoms with Crippen LogP contribution in [-0.4, -0.2) is 23.1 Å². The molecule has 30 heavy (non-hydrogen) atoms. The van der Waals surface area contributed by atoms with Crippen molar-refractivity contribution in [3.63, 3.8) is 0 Å². The van der Waals surface area contributed by atoms with Gasteiger partial charge in [-0.3, -0.25) is 9.59 Å². The predicted octanol–water partition coefficient (Wildman–Crippen LogP) is 5.74. The maximum Gasteiger partial charge on any atom is 0.205 e. The molecule has 2 unspecified atom stereocenters. The highest BCUT2D eigenvalue weighted by atomic mass is 35.5. The highest BCUT2D eigenvalue weighted by Gasteiger charge is 2.55. The maximum absolute atomic E-state index is 13.1. The van der Waals surface area contributed by atoms with Gasteiger partial charge < -0.3 is 4.74 Å². The molecule has 1 aromatic rings. The monoisotopic (exact) mass is 430 g/mol. The Bertz CT molecular complexity index is 912. The van der Waals surface area contributed by atoms with Gasteiger partial charge in [0, 0.05) is 35.5 Å². The zero-order chi connectivity index (χ0) is 21.5. The number of allylic oxidation sites excluding steroid dienone is 3. The molecule has 0 radical (unpaired) electrons. The van der Waals surface area contributed by atoms with Crippen molar-refractivity contribution >= 4 is 23.2 Å². The van der Waals surface area contributed by atoms with Crippen LogP contribution in [0.3, 0.4) is 0 Å². The third-order valence-electron chi connectivity index (χ3n) is 6.69. The van der Waals surface area contributed by atoms with Gasteiger partial charge in [-0.15, -0.1) is 6.58 Å². The first-order valence-corrected chi connectivity index (χ1v) is 11.0. The average molecular weight is 431 g/mol. The third-order valence-corrected chi connectivity index (χ3v) is 7.06. The Morgan fingerprint density at radius 1 is 1.17 bits per heavy atom. The van der Waals surface area contributed by atoms with E-state index in [4.69, 9.17) is 26.1 Å². The van der Waals surface area contributed by atoms with Crippen LogP contribution in [0.5, 0.6) is 0 Å². The highest BCUT2D eigenvalue weighted by molar-refractivity contribution is 6.50.